The SMILES string of the molecule is C#CCC(NC(=O)OCc1ccc(OC)cc1)C(=O)OCC(C)C. The lowest BCUT2D eigenvalue weighted by atomic mass is 10.2. The molecule has 6 nitrogen and oxygen atoms in total. The van der Waals surface area contributed by atoms with E-state index < -0.39 is 18.1 Å². The number of methoxy groups -OCH3 is 1. The molecule has 0 aromatic heterocycles. The van der Waals surface area contributed by atoms with E-state index in [0.29, 0.717) is 5.75 Å². The van der Waals surface area contributed by atoms with E-state index in [2.05, 4.69) is 11.2 Å². The van der Waals surface area contributed by atoms with E-state index in [-0.39, 0.29) is 25.6 Å². The molecule has 1 aromatic rings. The van der Waals surface area contributed by atoms with E-state index in [4.69, 9.17) is 20.6 Å². The maximum absolute atomic E-state index is 11.9. The molecule has 1 aromatic carbocycles. The van der Waals surface area contributed by atoms with E-state index >= 15 is 0 Å². The lowest BCUT2D eigenvalue weighted by Gasteiger charge is -2.16. The minimum absolute atomic E-state index is 0.0363. The molecule has 1 amide bonds. The number of carbonyl (C=O) groups excluding carboxylic acids is 2. The van der Waals surface area contributed by atoms with Crippen LogP contribution in [0, 0.1) is 18.3 Å². The highest BCUT2D eigenvalue weighted by atomic mass is 16.6. The molecule has 1 N–H and O–H groups in total. The second-order valence-electron chi connectivity index (χ2n) is 5.55. The monoisotopic (exact) mass is 333 g/mol. The molecule has 0 aliphatic carbocycles. The van der Waals surface area contributed by atoms with Crippen LogP contribution in [-0.2, 0) is 20.9 Å². The number of ether oxygens (including phenoxy) is 3. The molecular formula is C18H23NO5. The van der Waals surface area contributed by atoms with E-state index in [0.717, 1.165) is 5.56 Å². The molecule has 0 saturated carbocycles. The third-order valence-corrected chi connectivity index (χ3v) is 2.99. The van der Waals surface area contributed by atoms with Crippen LogP contribution >= 0.6 is 0 Å². The van der Waals surface area contributed by atoms with Crippen LogP contribution in [0.2, 0.25) is 0 Å². The van der Waals surface area contributed by atoms with Crippen molar-refractivity contribution in [1.82, 2.24) is 5.32 Å². The number of alkyl carbamates (subject to hydrolysis) is 1. The van der Waals surface area contributed by atoms with Gasteiger partial charge in [0.25, 0.3) is 0 Å². The van der Waals surface area contributed by atoms with E-state index in [9.17, 15) is 9.59 Å². The topological polar surface area (TPSA) is 73.9 Å². The maximum atomic E-state index is 11.9. The third kappa shape index (κ3) is 7.05. The number of rotatable bonds is 8. The Morgan fingerprint density at radius 2 is 1.88 bits per heavy atom. The first-order chi connectivity index (χ1) is 11.5. The van der Waals surface area contributed by atoms with E-state index in [1.165, 1.54) is 0 Å². The Labute approximate surface area is 142 Å². The van der Waals surface area contributed by atoms with Crippen molar-refractivity contribution in [3.05, 3.63) is 29.8 Å². The van der Waals surface area contributed by atoms with Crippen molar-refractivity contribution < 1.29 is 23.8 Å². The predicted molar refractivity (Wildman–Crippen MR) is 89.3 cm³/mol. The van der Waals surface area contributed by atoms with Crippen LogP contribution in [0.1, 0.15) is 25.8 Å². The molecule has 24 heavy (non-hydrogen) atoms. The predicted octanol–water partition coefficient (Wildman–Crippen LogP) is 2.51. The van der Waals surface area contributed by atoms with Gasteiger partial charge in [0.05, 0.1) is 13.7 Å². The number of amides is 1. The van der Waals surface area contributed by atoms with Gasteiger partial charge in [-0.15, -0.1) is 12.3 Å². The smallest absolute Gasteiger partial charge is 0.408 e. The quantitative estimate of drug-likeness (QED) is 0.584. The molecule has 0 spiro atoms. The van der Waals surface area contributed by atoms with Gasteiger partial charge >= 0.3 is 12.1 Å². The Bertz CT molecular complexity index is 574. The number of nitrogens with one attached hydrogen (secondary N) is 1. The van der Waals surface area contributed by atoms with Gasteiger partial charge in [0, 0.05) is 6.42 Å². The van der Waals surface area contributed by atoms with Gasteiger partial charge in [-0.1, -0.05) is 26.0 Å². The zero-order valence-corrected chi connectivity index (χ0v) is 14.2. The molecular weight excluding hydrogens is 310 g/mol. The Morgan fingerprint density at radius 3 is 2.42 bits per heavy atom. The van der Waals surface area contributed by atoms with Gasteiger partial charge in [0.1, 0.15) is 18.4 Å². The molecule has 0 aliphatic heterocycles. The standard InChI is InChI=1S/C18H23NO5/c1-5-6-16(17(20)23-11-13(2)3)19-18(21)24-12-14-7-9-15(22-4)10-8-14/h1,7-10,13,16H,6,11-12H2,2-4H3,(H,19,21). The molecule has 0 bridgehead atoms. The fraction of sp³-hybridized carbons (Fsp3) is 0.444. The third-order valence-electron chi connectivity index (χ3n) is 2.99. The Morgan fingerprint density at radius 1 is 1.21 bits per heavy atom. The average Bonchev–Trinajstić information content (AvgIpc) is 2.57. The lowest BCUT2D eigenvalue weighted by Crippen LogP contribution is -2.42. The van der Waals surface area contributed by atoms with Gasteiger partial charge in [-0.3, -0.25) is 0 Å². The number of esters is 1. The number of hydrogen-bond acceptors (Lipinski definition) is 5. The van der Waals surface area contributed by atoms with Crippen molar-refractivity contribution >= 4 is 12.1 Å². The van der Waals surface area contributed by atoms with E-state index in [1.54, 1.807) is 31.4 Å². The highest BCUT2D eigenvalue weighted by Gasteiger charge is 2.22. The summed E-state index contributed by atoms with van der Waals surface area (Å²) in [7, 11) is 1.57. The first-order valence-electron chi connectivity index (χ1n) is 7.62. The second-order valence-corrected chi connectivity index (χ2v) is 5.55. The minimum Gasteiger partial charge on any atom is -0.497 e. The van der Waals surface area contributed by atoms with Gasteiger partial charge in [0.2, 0.25) is 0 Å². The van der Waals surface area contributed by atoms with Crippen LogP contribution in [0.3, 0.4) is 0 Å². The largest absolute Gasteiger partial charge is 0.497 e. The summed E-state index contributed by atoms with van der Waals surface area (Å²) >= 11 is 0. The van der Waals surface area contributed by atoms with Gasteiger partial charge in [-0.05, 0) is 23.6 Å². The molecule has 0 heterocycles. The second kappa shape index (κ2) is 10.2. The maximum Gasteiger partial charge on any atom is 0.408 e. The highest BCUT2D eigenvalue weighted by Crippen LogP contribution is 2.12. The summed E-state index contributed by atoms with van der Waals surface area (Å²) in [6, 6.07) is 6.17. The Kier molecular flexibility index (Phi) is 8.20. The molecule has 0 aliphatic rings. The van der Waals surface area contributed by atoms with Crippen molar-refractivity contribution in [2.45, 2.75) is 32.9 Å². The molecule has 130 valence electrons. The summed E-state index contributed by atoms with van der Waals surface area (Å²) in [5.74, 6) is 2.69. The van der Waals surface area contributed by atoms with Crippen LogP contribution in [0.25, 0.3) is 0 Å². The molecule has 6 heteroatoms. The molecule has 0 radical (unpaired) electrons. The molecule has 0 fully saturated rings. The van der Waals surface area contributed by atoms with Crippen molar-refractivity contribution in [3.63, 3.8) is 0 Å². The fourth-order valence-corrected chi connectivity index (χ4v) is 1.72. The van der Waals surface area contributed by atoms with Gasteiger partial charge < -0.3 is 19.5 Å². The van der Waals surface area contributed by atoms with Crippen LogP contribution in [-0.4, -0.2) is 31.8 Å². The summed E-state index contributed by atoms with van der Waals surface area (Å²) in [5, 5.41) is 2.43. The highest BCUT2D eigenvalue weighted by molar-refractivity contribution is 5.81. The Balaban J connectivity index is 2.49. The lowest BCUT2D eigenvalue weighted by molar-refractivity contribution is -0.147. The van der Waals surface area contributed by atoms with E-state index in [1.807, 2.05) is 13.8 Å². The van der Waals surface area contributed by atoms with Gasteiger partial charge in [-0.25, -0.2) is 9.59 Å². The molecule has 1 rings (SSSR count). The van der Waals surface area contributed by atoms with Crippen molar-refractivity contribution in [3.8, 4) is 18.1 Å². The fourth-order valence-electron chi connectivity index (χ4n) is 1.72. The molecule has 1 atom stereocenters. The number of benzene rings is 1. The molecule has 1 unspecified atom stereocenters. The van der Waals surface area contributed by atoms with Crippen molar-refractivity contribution in [2.75, 3.05) is 13.7 Å². The van der Waals surface area contributed by atoms with Crippen LogP contribution in [0.4, 0.5) is 4.79 Å². The summed E-state index contributed by atoms with van der Waals surface area (Å²) in [6.07, 6.45) is 4.54. The zero-order valence-electron chi connectivity index (χ0n) is 14.2. The van der Waals surface area contributed by atoms with Gasteiger partial charge in [0.15, 0.2) is 0 Å². The number of hydrogen-bond donors (Lipinski definition) is 1. The van der Waals surface area contributed by atoms with Crippen molar-refractivity contribution in [2.24, 2.45) is 5.92 Å². The summed E-state index contributed by atoms with van der Waals surface area (Å²) in [4.78, 5) is 23.7. The Hall–Kier alpha value is -2.68. The van der Waals surface area contributed by atoms with Crippen LogP contribution in [0.15, 0.2) is 24.3 Å². The number of terminal acetylenes is 1. The molecule has 0 saturated heterocycles. The summed E-state index contributed by atoms with van der Waals surface area (Å²) in [5.41, 5.74) is 0.793. The first-order valence-corrected chi connectivity index (χ1v) is 7.62. The zero-order chi connectivity index (χ0) is 17.9. The number of carbonyl (C=O) groups is 2. The summed E-state index contributed by atoms with van der Waals surface area (Å²) < 4.78 is 15.2. The van der Waals surface area contributed by atoms with Gasteiger partial charge in [-0.2, -0.15) is 0 Å². The minimum atomic E-state index is -0.919. The van der Waals surface area contributed by atoms with Crippen molar-refractivity contribution in [1.29, 1.82) is 0 Å². The average molecular weight is 333 g/mol. The first kappa shape index (κ1) is 19.4. The van der Waals surface area contributed by atoms with Crippen LogP contribution in [0.5, 0.6) is 5.75 Å². The normalized spacial score (nSPS) is 11.3. The summed E-state index contributed by atoms with van der Waals surface area (Å²) in [6.45, 7) is 4.17. The van der Waals surface area contributed by atoms with Crippen LogP contribution < -0.4 is 10.1 Å².